The van der Waals surface area contributed by atoms with Crippen molar-refractivity contribution in [1.82, 2.24) is 0 Å². The first-order valence-corrected chi connectivity index (χ1v) is 7.84. The van der Waals surface area contributed by atoms with E-state index in [-0.39, 0.29) is 12.9 Å². The van der Waals surface area contributed by atoms with Crippen LogP contribution >= 0.6 is 0 Å². The van der Waals surface area contributed by atoms with E-state index in [0.717, 1.165) is 12.0 Å². The number of benzene rings is 2. The van der Waals surface area contributed by atoms with Gasteiger partial charge in [0.25, 0.3) is 0 Å². The molecular weight excluding hydrogens is 288 g/mol. The molecule has 0 bridgehead atoms. The van der Waals surface area contributed by atoms with E-state index in [4.69, 9.17) is 14.2 Å². The highest BCUT2D eigenvalue weighted by Crippen LogP contribution is 2.08. The summed E-state index contributed by atoms with van der Waals surface area (Å²) in [6, 6.07) is 20.4. The van der Waals surface area contributed by atoms with E-state index in [2.05, 4.69) is 36.4 Å². The first-order chi connectivity index (χ1) is 11.4. The fraction of sp³-hybridized carbons (Fsp3) is 0.300. The van der Waals surface area contributed by atoms with Crippen molar-refractivity contribution in [3.63, 3.8) is 0 Å². The summed E-state index contributed by atoms with van der Waals surface area (Å²) in [4.78, 5) is 0. The van der Waals surface area contributed by atoms with Crippen molar-refractivity contribution in [1.29, 1.82) is 0 Å². The van der Waals surface area contributed by atoms with Crippen LogP contribution in [0, 0.1) is 0 Å². The van der Waals surface area contributed by atoms with E-state index in [9.17, 15) is 0 Å². The summed E-state index contributed by atoms with van der Waals surface area (Å²) in [6.07, 6.45) is 4.89. The summed E-state index contributed by atoms with van der Waals surface area (Å²) >= 11 is 0. The molecule has 0 amide bonds. The SMILES string of the molecule is COCO[C@@H](/C=C/c1ccccc1)CCOCc1ccccc1. The zero-order valence-electron chi connectivity index (χ0n) is 13.6. The van der Waals surface area contributed by atoms with Gasteiger partial charge in [0.2, 0.25) is 0 Å². The Labute approximate surface area is 138 Å². The van der Waals surface area contributed by atoms with Crippen LogP contribution in [0.2, 0.25) is 0 Å². The number of hydrogen-bond donors (Lipinski definition) is 0. The van der Waals surface area contributed by atoms with E-state index in [0.29, 0.717) is 13.2 Å². The first-order valence-electron chi connectivity index (χ1n) is 7.84. The van der Waals surface area contributed by atoms with Crippen molar-refractivity contribution in [2.24, 2.45) is 0 Å². The van der Waals surface area contributed by atoms with Gasteiger partial charge >= 0.3 is 0 Å². The molecule has 1 atom stereocenters. The zero-order chi connectivity index (χ0) is 16.2. The molecule has 0 aliphatic heterocycles. The van der Waals surface area contributed by atoms with E-state index in [1.54, 1.807) is 7.11 Å². The fourth-order valence-corrected chi connectivity index (χ4v) is 2.14. The van der Waals surface area contributed by atoms with Crippen LogP contribution < -0.4 is 0 Å². The van der Waals surface area contributed by atoms with Crippen LogP contribution in [0.15, 0.2) is 66.7 Å². The third-order valence-corrected chi connectivity index (χ3v) is 3.36. The van der Waals surface area contributed by atoms with Crippen molar-refractivity contribution in [2.75, 3.05) is 20.5 Å². The van der Waals surface area contributed by atoms with Crippen molar-refractivity contribution in [3.05, 3.63) is 77.9 Å². The van der Waals surface area contributed by atoms with Crippen LogP contribution in [-0.4, -0.2) is 26.6 Å². The molecule has 2 aromatic carbocycles. The molecule has 0 unspecified atom stereocenters. The molecule has 0 spiro atoms. The van der Waals surface area contributed by atoms with Gasteiger partial charge in [-0.1, -0.05) is 72.8 Å². The molecule has 0 radical (unpaired) electrons. The molecule has 0 saturated heterocycles. The Morgan fingerprint density at radius 2 is 1.65 bits per heavy atom. The first kappa shape index (κ1) is 17.4. The maximum Gasteiger partial charge on any atom is 0.147 e. The Balaban J connectivity index is 1.77. The molecule has 2 aromatic rings. The Hall–Kier alpha value is -1.94. The second-order valence-corrected chi connectivity index (χ2v) is 5.21. The highest BCUT2D eigenvalue weighted by atomic mass is 16.7. The van der Waals surface area contributed by atoms with E-state index in [1.807, 2.05) is 36.4 Å². The van der Waals surface area contributed by atoms with E-state index in [1.165, 1.54) is 5.56 Å². The van der Waals surface area contributed by atoms with Crippen LogP contribution in [0.5, 0.6) is 0 Å². The molecule has 2 rings (SSSR count). The monoisotopic (exact) mass is 312 g/mol. The van der Waals surface area contributed by atoms with Gasteiger partial charge in [-0.05, 0) is 11.1 Å². The lowest BCUT2D eigenvalue weighted by molar-refractivity contribution is -0.0639. The average molecular weight is 312 g/mol. The lowest BCUT2D eigenvalue weighted by Crippen LogP contribution is -2.14. The highest BCUT2D eigenvalue weighted by molar-refractivity contribution is 5.49. The summed E-state index contributed by atoms with van der Waals surface area (Å²) in [5.74, 6) is 0. The minimum atomic E-state index is -0.0223. The van der Waals surface area contributed by atoms with Gasteiger partial charge in [-0.15, -0.1) is 0 Å². The molecular formula is C20H24O3. The summed E-state index contributed by atoms with van der Waals surface area (Å²) in [7, 11) is 1.63. The van der Waals surface area contributed by atoms with Crippen LogP contribution in [0.25, 0.3) is 6.08 Å². The third-order valence-electron chi connectivity index (χ3n) is 3.36. The average Bonchev–Trinajstić information content (AvgIpc) is 2.62. The molecule has 0 aliphatic carbocycles. The largest absolute Gasteiger partial charge is 0.377 e. The third kappa shape index (κ3) is 7.24. The van der Waals surface area contributed by atoms with Crippen molar-refractivity contribution < 1.29 is 14.2 Å². The smallest absolute Gasteiger partial charge is 0.147 e. The standard InChI is InChI=1S/C20H24O3/c1-21-17-23-20(13-12-18-8-4-2-5-9-18)14-15-22-16-19-10-6-3-7-11-19/h2-13,20H,14-17H2,1H3/b13-12+/t20-/m0/s1. The van der Waals surface area contributed by atoms with Gasteiger partial charge in [0.15, 0.2) is 0 Å². The highest BCUT2D eigenvalue weighted by Gasteiger charge is 2.05. The molecule has 0 heterocycles. The summed E-state index contributed by atoms with van der Waals surface area (Å²) in [5, 5.41) is 0. The molecule has 3 heteroatoms. The van der Waals surface area contributed by atoms with E-state index < -0.39 is 0 Å². The van der Waals surface area contributed by atoms with Crippen molar-refractivity contribution in [3.8, 4) is 0 Å². The molecule has 0 aliphatic rings. The molecule has 0 aromatic heterocycles. The maximum atomic E-state index is 5.73. The van der Waals surface area contributed by atoms with Crippen LogP contribution in [-0.2, 0) is 20.8 Å². The van der Waals surface area contributed by atoms with Gasteiger partial charge in [0.05, 0.1) is 12.7 Å². The predicted octanol–water partition coefficient (Wildman–Crippen LogP) is 4.30. The van der Waals surface area contributed by atoms with Gasteiger partial charge in [-0.2, -0.15) is 0 Å². The van der Waals surface area contributed by atoms with Crippen molar-refractivity contribution in [2.45, 2.75) is 19.1 Å². The Bertz CT molecular complexity index is 552. The maximum absolute atomic E-state index is 5.73. The summed E-state index contributed by atoms with van der Waals surface area (Å²) in [6.45, 7) is 1.55. The summed E-state index contributed by atoms with van der Waals surface area (Å²) in [5.41, 5.74) is 2.34. The Morgan fingerprint density at radius 1 is 0.957 bits per heavy atom. The Morgan fingerprint density at radius 3 is 2.35 bits per heavy atom. The van der Waals surface area contributed by atoms with Gasteiger partial charge < -0.3 is 14.2 Å². The normalized spacial score (nSPS) is 12.6. The minimum Gasteiger partial charge on any atom is -0.377 e. The number of methoxy groups -OCH3 is 1. The van der Waals surface area contributed by atoms with Gasteiger partial charge in [-0.3, -0.25) is 0 Å². The number of ether oxygens (including phenoxy) is 3. The predicted molar refractivity (Wildman–Crippen MR) is 92.9 cm³/mol. The number of rotatable bonds is 10. The molecule has 0 saturated carbocycles. The lowest BCUT2D eigenvalue weighted by atomic mass is 10.1. The second kappa shape index (κ2) is 10.7. The Kier molecular flexibility index (Phi) is 8.12. The van der Waals surface area contributed by atoms with Gasteiger partial charge in [0, 0.05) is 20.1 Å². The van der Waals surface area contributed by atoms with Crippen LogP contribution in [0.4, 0.5) is 0 Å². The molecule has 122 valence electrons. The van der Waals surface area contributed by atoms with Gasteiger partial charge in [0.1, 0.15) is 6.79 Å². The minimum absolute atomic E-state index is 0.0223. The van der Waals surface area contributed by atoms with Crippen LogP contribution in [0.3, 0.4) is 0 Å². The van der Waals surface area contributed by atoms with Gasteiger partial charge in [-0.25, -0.2) is 0 Å². The molecule has 23 heavy (non-hydrogen) atoms. The van der Waals surface area contributed by atoms with Crippen LogP contribution in [0.1, 0.15) is 17.5 Å². The summed E-state index contributed by atoms with van der Waals surface area (Å²) < 4.78 is 16.4. The topological polar surface area (TPSA) is 27.7 Å². The lowest BCUT2D eigenvalue weighted by Gasteiger charge is -2.14. The van der Waals surface area contributed by atoms with Crippen molar-refractivity contribution >= 4 is 6.08 Å². The molecule has 3 nitrogen and oxygen atoms in total. The molecule has 0 fully saturated rings. The zero-order valence-corrected chi connectivity index (χ0v) is 13.6. The second-order valence-electron chi connectivity index (χ2n) is 5.21. The fourth-order valence-electron chi connectivity index (χ4n) is 2.14. The van der Waals surface area contributed by atoms with E-state index >= 15 is 0 Å². The number of hydrogen-bond acceptors (Lipinski definition) is 3. The molecule has 0 N–H and O–H groups in total. The quantitative estimate of drug-likeness (QED) is 0.484.